The Morgan fingerprint density at radius 3 is 3.00 bits per heavy atom. The van der Waals surface area contributed by atoms with Crippen LogP contribution >= 0.6 is 0 Å². The predicted octanol–water partition coefficient (Wildman–Crippen LogP) is 1.04. The van der Waals surface area contributed by atoms with Gasteiger partial charge in [0.2, 0.25) is 5.95 Å². The standard InChI is InChI=1S/C14H25N5/c1-5-6-19-10-12(2)16-14(19)15-9-13-11-17(3)7-8-18(13)4/h5,10,13H,1,6-9,11H2,2-4H3,(H,15,16). The highest BCUT2D eigenvalue weighted by Gasteiger charge is 2.22. The van der Waals surface area contributed by atoms with Gasteiger partial charge in [0.25, 0.3) is 0 Å². The van der Waals surface area contributed by atoms with Gasteiger partial charge in [-0.05, 0) is 21.0 Å². The Balaban J connectivity index is 1.95. The first-order chi connectivity index (χ1) is 9.10. The molecule has 0 aromatic carbocycles. The van der Waals surface area contributed by atoms with Gasteiger partial charge in [0.1, 0.15) is 0 Å². The Hall–Kier alpha value is -1.33. The molecule has 0 amide bonds. The molecule has 1 fully saturated rings. The number of aromatic nitrogens is 2. The van der Waals surface area contributed by atoms with E-state index in [2.05, 4.69) is 51.5 Å². The van der Waals surface area contributed by atoms with Crippen molar-refractivity contribution in [2.24, 2.45) is 0 Å². The molecule has 5 nitrogen and oxygen atoms in total. The van der Waals surface area contributed by atoms with Gasteiger partial charge in [-0.2, -0.15) is 0 Å². The predicted molar refractivity (Wildman–Crippen MR) is 79.6 cm³/mol. The van der Waals surface area contributed by atoms with Crippen LogP contribution in [0.25, 0.3) is 0 Å². The number of hydrogen-bond acceptors (Lipinski definition) is 4. The molecule has 1 aliphatic rings. The first kappa shape index (κ1) is 14.1. The minimum atomic E-state index is 0.535. The summed E-state index contributed by atoms with van der Waals surface area (Å²) in [6, 6.07) is 0.535. The third kappa shape index (κ3) is 3.58. The lowest BCUT2D eigenvalue weighted by atomic mass is 10.2. The molecule has 0 spiro atoms. The molecule has 0 saturated carbocycles. The van der Waals surface area contributed by atoms with Crippen LogP contribution in [-0.2, 0) is 6.54 Å². The summed E-state index contributed by atoms with van der Waals surface area (Å²) in [4.78, 5) is 9.33. The number of anilines is 1. The van der Waals surface area contributed by atoms with Crippen LogP contribution in [0.1, 0.15) is 5.69 Å². The number of imidazole rings is 1. The molecule has 1 saturated heterocycles. The number of nitrogens with one attached hydrogen (secondary N) is 1. The normalized spacial score (nSPS) is 21.5. The van der Waals surface area contributed by atoms with Gasteiger partial charge in [-0.3, -0.25) is 4.90 Å². The van der Waals surface area contributed by atoms with Crippen molar-refractivity contribution in [3.05, 3.63) is 24.5 Å². The van der Waals surface area contributed by atoms with E-state index in [1.54, 1.807) is 0 Å². The van der Waals surface area contributed by atoms with Crippen LogP contribution in [0.5, 0.6) is 0 Å². The maximum atomic E-state index is 4.53. The monoisotopic (exact) mass is 263 g/mol. The van der Waals surface area contributed by atoms with Gasteiger partial charge in [0.15, 0.2) is 0 Å². The summed E-state index contributed by atoms with van der Waals surface area (Å²) in [6.07, 6.45) is 3.95. The number of aryl methyl sites for hydroxylation is 1. The highest BCUT2D eigenvalue weighted by Crippen LogP contribution is 2.11. The molecule has 1 aromatic rings. The van der Waals surface area contributed by atoms with Crippen molar-refractivity contribution in [1.82, 2.24) is 19.4 Å². The second kappa shape index (κ2) is 6.21. The summed E-state index contributed by atoms with van der Waals surface area (Å²) < 4.78 is 2.11. The minimum Gasteiger partial charge on any atom is -0.354 e. The molecular weight excluding hydrogens is 238 g/mol. The fraction of sp³-hybridized carbons (Fsp3) is 0.643. The number of rotatable bonds is 5. The molecule has 1 unspecified atom stereocenters. The van der Waals surface area contributed by atoms with Crippen LogP contribution in [0.4, 0.5) is 5.95 Å². The molecule has 1 N–H and O–H groups in total. The number of piperazine rings is 1. The summed E-state index contributed by atoms with van der Waals surface area (Å²) in [5, 5.41) is 3.48. The van der Waals surface area contributed by atoms with Crippen molar-refractivity contribution >= 4 is 5.95 Å². The average molecular weight is 263 g/mol. The lowest BCUT2D eigenvalue weighted by Gasteiger charge is -2.37. The zero-order valence-electron chi connectivity index (χ0n) is 12.3. The molecule has 0 radical (unpaired) electrons. The number of hydrogen-bond donors (Lipinski definition) is 1. The Morgan fingerprint density at radius 2 is 2.26 bits per heavy atom. The van der Waals surface area contributed by atoms with Crippen molar-refractivity contribution < 1.29 is 0 Å². The number of nitrogens with zero attached hydrogens (tertiary/aromatic N) is 4. The van der Waals surface area contributed by atoms with Gasteiger partial charge in [-0.15, -0.1) is 6.58 Å². The molecule has 1 atom stereocenters. The molecule has 1 aliphatic heterocycles. The first-order valence-electron chi connectivity index (χ1n) is 6.87. The minimum absolute atomic E-state index is 0.535. The quantitative estimate of drug-likeness (QED) is 0.805. The Bertz CT molecular complexity index is 425. The second-order valence-electron chi connectivity index (χ2n) is 5.42. The van der Waals surface area contributed by atoms with E-state index in [0.29, 0.717) is 6.04 Å². The second-order valence-corrected chi connectivity index (χ2v) is 5.42. The smallest absolute Gasteiger partial charge is 0.203 e. The van der Waals surface area contributed by atoms with Crippen LogP contribution in [0.3, 0.4) is 0 Å². The van der Waals surface area contributed by atoms with Crippen molar-refractivity contribution in [2.75, 3.05) is 45.6 Å². The van der Waals surface area contributed by atoms with Crippen molar-refractivity contribution in [2.45, 2.75) is 19.5 Å². The summed E-state index contributed by atoms with van der Waals surface area (Å²) in [7, 11) is 4.38. The first-order valence-corrected chi connectivity index (χ1v) is 6.87. The van der Waals surface area contributed by atoms with Crippen LogP contribution in [0.15, 0.2) is 18.9 Å². The lowest BCUT2D eigenvalue weighted by molar-refractivity contribution is 0.121. The van der Waals surface area contributed by atoms with E-state index >= 15 is 0 Å². The third-order valence-electron chi connectivity index (χ3n) is 3.70. The average Bonchev–Trinajstić information content (AvgIpc) is 2.71. The maximum absolute atomic E-state index is 4.53. The Labute approximate surface area is 115 Å². The van der Waals surface area contributed by atoms with E-state index in [9.17, 15) is 0 Å². The summed E-state index contributed by atoms with van der Waals surface area (Å²) in [5.74, 6) is 0.944. The molecule has 106 valence electrons. The molecule has 2 rings (SSSR count). The summed E-state index contributed by atoms with van der Waals surface area (Å²) in [6.45, 7) is 10.9. The molecular formula is C14H25N5. The van der Waals surface area contributed by atoms with E-state index in [4.69, 9.17) is 0 Å². The molecule has 5 heteroatoms. The molecule has 0 aliphatic carbocycles. The Kier molecular flexibility index (Phi) is 4.61. The molecule has 0 bridgehead atoms. The van der Waals surface area contributed by atoms with Crippen molar-refractivity contribution in [3.63, 3.8) is 0 Å². The van der Waals surface area contributed by atoms with Crippen molar-refractivity contribution in [1.29, 1.82) is 0 Å². The molecule has 2 heterocycles. The zero-order valence-corrected chi connectivity index (χ0v) is 12.3. The highest BCUT2D eigenvalue weighted by molar-refractivity contribution is 5.29. The van der Waals surface area contributed by atoms with Gasteiger partial charge in [0, 0.05) is 45.0 Å². The molecule has 1 aromatic heterocycles. The van der Waals surface area contributed by atoms with Gasteiger partial charge in [0.05, 0.1) is 5.69 Å². The maximum Gasteiger partial charge on any atom is 0.203 e. The number of likely N-dealkylation sites (N-methyl/N-ethyl adjacent to an activating group) is 2. The summed E-state index contributed by atoms with van der Waals surface area (Å²) >= 11 is 0. The van der Waals surface area contributed by atoms with Crippen LogP contribution in [-0.4, -0.2) is 65.7 Å². The van der Waals surface area contributed by atoms with Crippen molar-refractivity contribution in [3.8, 4) is 0 Å². The van der Waals surface area contributed by atoms with Gasteiger partial charge in [-0.1, -0.05) is 6.08 Å². The van der Waals surface area contributed by atoms with Gasteiger partial charge >= 0.3 is 0 Å². The lowest BCUT2D eigenvalue weighted by Crippen LogP contribution is -2.52. The fourth-order valence-corrected chi connectivity index (χ4v) is 2.50. The third-order valence-corrected chi connectivity index (χ3v) is 3.70. The summed E-state index contributed by atoms with van der Waals surface area (Å²) in [5.41, 5.74) is 1.04. The highest BCUT2D eigenvalue weighted by atomic mass is 15.3. The Morgan fingerprint density at radius 1 is 1.47 bits per heavy atom. The van der Waals surface area contributed by atoms with E-state index in [0.717, 1.165) is 44.4 Å². The molecule has 19 heavy (non-hydrogen) atoms. The fourth-order valence-electron chi connectivity index (χ4n) is 2.50. The van der Waals surface area contributed by atoms with E-state index < -0.39 is 0 Å². The van der Waals surface area contributed by atoms with Gasteiger partial charge in [-0.25, -0.2) is 4.98 Å². The van der Waals surface area contributed by atoms with Gasteiger partial charge < -0.3 is 14.8 Å². The van der Waals surface area contributed by atoms with E-state index in [1.807, 2.05) is 13.0 Å². The van der Waals surface area contributed by atoms with Crippen LogP contribution < -0.4 is 5.32 Å². The zero-order chi connectivity index (χ0) is 13.8. The SMILES string of the molecule is C=CCn1cc(C)nc1NCC1CN(C)CCN1C. The van der Waals surface area contributed by atoms with Crippen LogP contribution in [0.2, 0.25) is 0 Å². The van der Waals surface area contributed by atoms with E-state index in [1.165, 1.54) is 0 Å². The topological polar surface area (TPSA) is 36.3 Å². The largest absolute Gasteiger partial charge is 0.354 e. The van der Waals surface area contributed by atoms with E-state index in [-0.39, 0.29) is 0 Å². The number of allylic oxidation sites excluding steroid dienone is 1. The van der Waals surface area contributed by atoms with Crippen LogP contribution in [0, 0.1) is 6.92 Å².